The topological polar surface area (TPSA) is 27.7 Å². The number of rotatable bonds is 7. The summed E-state index contributed by atoms with van der Waals surface area (Å²) in [6.07, 6.45) is 0. The quantitative estimate of drug-likeness (QED) is 0.437. The maximum atomic E-state index is 5.64. The molecule has 3 nitrogen and oxygen atoms in total. The predicted molar refractivity (Wildman–Crippen MR) is 77.0 cm³/mol. The van der Waals surface area contributed by atoms with Gasteiger partial charge in [-0.15, -0.1) is 11.6 Å². The lowest BCUT2D eigenvalue weighted by atomic mass is 10.1. The molecule has 104 valence electrons. The summed E-state index contributed by atoms with van der Waals surface area (Å²) >= 11 is 5.52. The van der Waals surface area contributed by atoms with Gasteiger partial charge >= 0.3 is 0 Å². The molecule has 0 aliphatic heterocycles. The van der Waals surface area contributed by atoms with Gasteiger partial charge in [-0.1, -0.05) is 11.8 Å². The van der Waals surface area contributed by atoms with Gasteiger partial charge in [0.2, 0.25) is 0 Å². The first-order valence-corrected chi connectivity index (χ1v) is 6.66. The van der Waals surface area contributed by atoms with Gasteiger partial charge in [-0.3, -0.25) is 0 Å². The van der Waals surface area contributed by atoms with Crippen molar-refractivity contribution >= 4 is 11.6 Å². The van der Waals surface area contributed by atoms with Crippen LogP contribution in [0.15, 0.2) is 18.2 Å². The Kier molecular flexibility index (Phi) is 8.08. The zero-order chi connectivity index (χ0) is 13.9. The molecule has 0 fully saturated rings. The van der Waals surface area contributed by atoms with Crippen LogP contribution in [0.1, 0.15) is 11.1 Å². The zero-order valence-electron chi connectivity index (χ0n) is 11.4. The van der Waals surface area contributed by atoms with Crippen LogP contribution in [0, 0.1) is 18.8 Å². The Morgan fingerprint density at radius 1 is 1.16 bits per heavy atom. The third-order valence-corrected chi connectivity index (χ3v) is 2.53. The molecule has 19 heavy (non-hydrogen) atoms. The summed E-state index contributed by atoms with van der Waals surface area (Å²) in [4.78, 5) is 0. The number of ether oxygens (including phenoxy) is 3. The highest BCUT2D eigenvalue weighted by Crippen LogP contribution is 2.18. The van der Waals surface area contributed by atoms with E-state index in [4.69, 9.17) is 25.8 Å². The number of alkyl halides is 1. The minimum atomic E-state index is 0.343. The summed E-state index contributed by atoms with van der Waals surface area (Å²) in [7, 11) is 1.65. The molecule has 0 saturated carbocycles. The van der Waals surface area contributed by atoms with Gasteiger partial charge < -0.3 is 14.2 Å². The first kappa shape index (κ1) is 15.8. The number of hydrogen-bond donors (Lipinski definition) is 0. The van der Waals surface area contributed by atoms with E-state index in [2.05, 4.69) is 11.8 Å². The lowest BCUT2D eigenvalue weighted by Gasteiger charge is -2.09. The van der Waals surface area contributed by atoms with E-state index in [-0.39, 0.29) is 0 Å². The second kappa shape index (κ2) is 9.69. The monoisotopic (exact) mass is 282 g/mol. The fraction of sp³-hybridized carbons (Fsp3) is 0.467. The van der Waals surface area contributed by atoms with Gasteiger partial charge in [-0.2, -0.15) is 0 Å². The van der Waals surface area contributed by atoms with Crippen LogP contribution in [0.2, 0.25) is 0 Å². The summed E-state index contributed by atoms with van der Waals surface area (Å²) in [5.74, 6) is 7.00. The molecule has 0 atom stereocenters. The summed E-state index contributed by atoms with van der Waals surface area (Å²) in [6.45, 7) is 4.26. The van der Waals surface area contributed by atoms with Gasteiger partial charge in [0.25, 0.3) is 0 Å². The van der Waals surface area contributed by atoms with E-state index < -0.39 is 0 Å². The molecule has 1 rings (SSSR count). The van der Waals surface area contributed by atoms with Crippen molar-refractivity contribution < 1.29 is 14.2 Å². The molecule has 0 spiro atoms. The number of benzene rings is 1. The van der Waals surface area contributed by atoms with Gasteiger partial charge in [-0.05, 0) is 30.7 Å². The van der Waals surface area contributed by atoms with Crippen molar-refractivity contribution in [3.8, 4) is 17.6 Å². The first-order valence-electron chi connectivity index (χ1n) is 6.13. The molecular formula is C15H19ClO3. The molecular weight excluding hydrogens is 264 g/mol. The maximum absolute atomic E-state index is 5.64. The molecule has 0 aliphatic rings. The molecule has 0 N–H and O–H groups in total. The number of hydrogen-bond acceptors (Lipinski definition) is 3. The van der Waals surface area contributed by atoms with Crippen LogP contribution in [0.5, 0.6) is 5.75 Å². The van der Waals surface area contributed by atoms with Crippen molar-refractivity contribution in [3.63, 3.8) is 0 Å². The smallest absolute Gasteiger partial charge is 0.122 e. The third-order valence-electron chi connectivity index (χ3n) is 2.39. The summed E-state index contributed by atoms with van der Waals surface area (Å²) in [6, 6.07) is 5.83. The van der Waals surface area contributed by atoms with E-state index in [0.717, 1.165) is 16.9 Å². The molecule has 0 amide bonds. The van der Waals surface area contributed by atoms with Crippen LogP contribution in [0.4, 0.5) is 0 Å². The van der Waals surface area contributed by atoms with Crippen LogP contribution in [-0.2, 0) is 9.47 Å². The normalized spacial score (nSPS) is 9.84. The lowest BCUT2D eigenvalue weighted by molar-refractivity contribution is 0.0543. The molecule has 0 radical (unpaired) electrons. The Labute approximate surface area is 119 Å². The highest BCUT2D eigenvalue weighted by molar-refractivity contribution is 6.19. The second-order valence-corrected chi connectivity index (χ2v) is 4.14. The van der Waals surface area contributed by atoms with Crippen molar-refractivity contribution in [2.24, 2.45) is 0 Å². The van der Waals surface area contributed by atoms with E-state index in [1.54, 1.807) is 7.11 Å². The summed E-state index contributed by atoms with van der Waals surface area (Å²) in [5, 5.41) is 0. The molecule has 0 heterocycles. The fourth-order valence-electron chi connectivity index (χ4n) is 1.48. The molecule has 0 aliphatic carbocycles. The molecule has 4 heteroatoms. The first-order chi connectivity index (χ1) is 9.27. The number of aryl methyl sites for hydroxylation is 1. The van der Waals surface area contributed by atoms with Crippen molar-refractivity contribution in [3.05, 3.63) is 29.3 Å². The standard InChI is InChI=1S/C15H19ClO3/c1-13-12-14(4-3-7-16)5-6-15(13)19-11-10-18-9-8-17-2/h5-6,12H,7-11H2,1-2H3. The van der Waals surface area contributed by atoms with Crippen LogP contribution in [0.3, 0.4) is 0 Å². The summed E-state index contributed by atoms with van der Waals surface area (Å²) in [5.41, 5.74) is 2.00. The van der Waals surface area contributed by atoms with Gasteiger partial charge in [0.1, 0.15) is 12.4 Å². The van der Waals surface area contributed by atoms with Crippen LogP contribution < -0.4 is 4.74 Å². The third kappa shape index (κ3) is 6.49. The molecule has 0 saturated heterocycles. The Hall–Kier alpha value is -1.21. The van der Waals surface area contributed by atoms with E-state index in [0.29, 0.717) is 32.3 Å². The highest BCUT2D eigenvalue weighted by Gasteiger charge is 2.00. The van der Waals surface area contributed by atoms with E-state index in [9.17, 15) is 0 Å². The average Bonchev–Trinajstić information content (AvgIpc) is 2.42. The van der Waals surface area contributed by atoms with Gasteiger partial charge in [0, 0.05) is 12.7 Å². The van der Waals surface area contributed by atoms with Crippen molar-refractivity contribution in [1.29, 1.82) is 0 Å². The minimum Gasteiger partial charge on any atom is -0.491 e. The SMILES string of the molecule is COCCOCCOc1ccc(C#CCCl)cc1C. The fourth-order valence-corrected chi connectivity index (χ4v) is 1.55. The van der Waals surface area contributed by atoms with Gasteiger partial charge in [-0.25, -0.2) is 0 Å². The molecule has 1 aromatic carbocycles. The Morgan fingerprint density at radius 2 is 1.95 bits per heavy atom. The number of methoxy groups -OCH3 is 1. The highest BCUT2D eigenvalue weighted by atomic mass is 35.5. The largest absolute Gasteiger partial charge is 0.491 e. The van der Waals surface area contributed by atoms with Crippen molar-refractivity contribution in [1.82, 2.24) is 0 Å². The molecule has 1 aromatic rings. The van der Waals surface area contributed by atoms with E-state index in [1.807, 2.05) is 25.1 Å². The maximum Gasteiger partial charge on any atom is 0.122 e. The van der Waals surface area contributed by atoms with Crippen LogP contribution in [-0.4, -0.2) is 39.4 Å². The van der Waals surface area contributed by atoms with Crippen LogP contribution in [0.25, 0.3) is 0 Å². The van der Waals surface area contributed by atoms with Gasteiger partial charge in [0.15, 0.2) is 0 Å². The second-order valence-electron chi connectivity index (χ2n) is 3.87. The number of halogens is 1. The van der Waals surface area contributed by atoms with E-state index >= 15 is 0 Å². The molecule has 0 unspecified atom stereocenters. The Bertz CT molecular complexity index is 435. The van der Waals surface area contributed by atoms with E-state index in [1.165, 1.54) is 0 Å². The van der Waals surface area contributed by atoms with Crippen LogP contribution >= 0.6 is 11.6 Å². The molecule has 0 aromatic heterocycles. The lowest BCUT2D eigenvalue weighted by Crippen LogP contribution is -2.10. The average molecular weight is 283 g/mol. The minimum absolute atomic E-state index is 0.343. The predicted octanol–water partition coefficient (Wildman–Crippen LogP) is 2.63. The summed E-state index contributed by atoms with van der Waals surface area (Å²) < 4.78 is 15.8. The molecule has 0 bridgehead atoms. The van der Waals surface area contributed by atoms with Crippen molar-refractivity contribution in [2.75, 3.05) is 39.4 Å². The van der Waals surface area contributed by atoms with Gasteiger partial charge in [0.05, 0.1) is 25.7 Å². The Morgan fingerprint density at radius 3 is 2.63 bits per heavy atom. The Balaban J connectivity index is 2.38. The van der Waals surface area contributed by atoms with Crippen molar-refractivity contribution in [2.45, 2.75) is 6.92 Å². The zero-order valence-corrected chi connectivity index (χ0v) is 12.1.